The van der Waals surface area contributed by atoms with E-state index in [1.165, 1.54) is 51.7 Å². The molecule has 0 amide bonds. The largest absolute Gasteiger partial charge is 0.468 e. The monoisotopic (exact) mass is 342 g/mol. The van der Waals surface area contributed by atoms with Crippen LogP contribution in [0.4, 0.5) is 0 Å². The molecule has 0 saturated carbocycles. The summed E-state index contributed by atoms with van der Waals surface area (Å²) in [6.45, 7) is 0. The first-order valence-electron chi connectivity index (χ1n) is 6.44. The van der Waals surface area contributed by atoms with Gasteiger partial charge in [-0.05, 0) is 0 Å². The van der Waals surface area contributed by atoms with Crippen molar-refractivity contribution in [1.29, 1.82) is 0 Å². The van der Waals surface area contributed by atoms with Crippen molar-refractivity contribution in [3.05, 3.63) is 21.0 Å². The molecular weight excluding hydrogens is 324 g/mol. The normalized spacial score (nSPS) is 9.58. The summed E-state index contributed by atoms with van der Waals surface area (Å²) in [4.78, 5) is 36.6. The van der Waals surface area contributed by atoms with Gasteiger partial charge in [-0.3, -0.25) is 0 Å². The van der Waals surface area contributed by atoms with E-state index in [0.29, 0.717) is 0 Å². The van der Waals surface area contributed by atoms with Crippen LogP contribution >= 0.6 is 0 Å². The Labute approximate surface area is 136 Å². The van der Waals surface area contributed by atoms with Crippen molar-refractivity contribution in [2.24, 2.45) is 14.1 Å². The van der Waals surface area contributed by atoms with Crippen LogP contribution in [-0.4, -0.2) is 57.5 Å². The maximum absolute atomic E-state index is 11.0. The zero-order valence-corrected chi connectivity index (χ0v) is 14.1. The quantitative estimate of drug-likeness (QED) is 0.638. The molecule has 0 bridgehead atoms. The molecule has 12 heteroatoms. The standard InChI is InChI=1S/2C6H9N3O3/c2*1-9-5(10)7-4(11-2)8-6(9)12-3/h2*1-3H3. The molecule has 0 aliphatic rings. The van der Waals surface area contributed by atoms with Crippen LogP contribution < -0.4 is 30.3 Å². The molecule has 24 heavy (non-hydrogen) atoms. The van der Waals surface area contributed by atoms with Crippen LogP contribution in [0.15, 0.2) is 9.59 Å². The second-order valence-corrected chi connectivity index (χ2v) is 4.08. The topological polar surface area (TPSA) is 132 Å². The molecule has 2 aromatic heterocycles. The second kappa shape index (κ2) is 8.45. The van der Waals surface area contributed by atoms with Crippen molar-refractivity contribution in [3.63, 3.8) is 0 Å². The van der Waals surface area contributed by atoms with E-state index in [2.05, 4.69) is 29.4 Å². The SMILES string of the molecule is COc1nc(OC)n(C)c(=O)n1.COc1nc(OC)n(C)c(=O)n1. The van der Waals surface area contributed by atoms with Gasteiger partial charge < -0.3 is 18.9 Å². The Bertz CT molecular complexity index is 734. The Morgan fingerprint density at radius 2 is 0.958 bits per heavy atom. The molecule has 0 radical (unpaired) electrons. The van der Waals surface area contributed by atoms with E-state index in [9.17, 15) is 9.59 Å². The van der Waals surface area contributed by atoms with Crippen LogP contribution in [0.3, 0.4) is 0 Å². The predicted octanol–water partition coefficient (Wildman–Crippen LogP) is -1.61. The van der Waals surface area contributed by atoms with Crippen LogP contribution in [0.1, 0.15) is 0 Å². The summed E-state index contributed by atoms with van der Waals surface area (Å²) in [7, 11) is 8.63. The highest BCUT2D eigenvalue weighted by molar-refractivity contribution is 5.02. The summed E-state index contributed by atoms with van der Waals surface area (Å²) < 4.78 is 21.3. The van der Waals surface area contributed by atoms with E-state index < -0.39 is 11.4 Å². The Balaban J connectivity index is 0.000000240. The summed E-state index contributed by atoms with van der Waals surface area (Å²) in [6.07, 6.45) is 0. The fraction of sp³-hybridized carbons (Fsp3) is 0.500. The highest BCUT2D eigenvalue weighted by Gasteiger charge is 2.06. The average Bonchev–Trinajstić information content (AvgIpc) is 2.59. The van der Waals surface area contributed by atoms with Crippen LogP contribution in [0, 0.1) is 0 Å². The molecule has 12 nitrogen and oxygen atoms in total. The van der Waals surface area contributed by atoms with Gasteiger partial charge >= 0.3 is 35.4 Å². The zero-order chi connectivity index (χ0) is 18.3. The van der Waals surface area contributed by atoms with Gasteiger partial charge in [0, 0.05) is 14.1 Å². The predicted molar refractivity (Wildman–Crippen MR) is 80.8 cm³/mol. The highest BCUT2D eigenvalue weighted by atomic mass is 16.5. The maximum Gasteiger partial charge on any atom is 0.356 e. The van der Waals surface area contributed by atoms with Crippen molar-refractivity contribution in [1.82, 2.24) is 29.1 Å². The molecule has 0 aliphatic carbocycles. The molecule has 0 saturated heterocycles. The van der Waals surface area contributed by atoms with Crippen LogP contribution in [0.2, 0.25) is 0 Å². The van der Waals surface area contributed by atoms with Crippen LogP contribution in [0.5, 0.6) is 24.0 Å². The lowest BCUT2D eigenvalue weighted by Gasteiger charge is -2.04. The third-order valence-corrected chi connectivity index (χ3v) is 2.64. The molecule has 0 fully saturated rings. The lowest BCUT2D eigenvalue weighted by atomic mass is 10.9. The summed E-state index contributed by atoms with van der Waals surface area (Å²) in [5.74, 6) is 0. The number of aromatic nitrogens is 6. The lowest BCUT2D eigenvalue weighted by molar-refractivity contribution is 0.320. The van der Waals surface area contributed by atoms with Crippen molar-refractivity contribution in [3.8, 4) is 24.0 Å². The number of nitrogens with zero attached hydrogens (tertiary/aromatic N) is 6. The maximum atomic E-state index is 11.0. The average molecular weight is 342 g/mol. The first-order chi connectivity index (χ1) is 11.4. The van der Waals surface area contributed by atoms with E-state index in [4.69, 9.17) is 9.47 Å². The summed E-state index contributed by atoms with van der Waals surface area (Å²) in [5.41, 5.74) is -0.919. The molecule has 132 valence electrons. The van der Waals surface area contributed by atoms with Gasteiger partial charge in [-0.25, -0.2) is 18.7 Å². The van der Waals surface area contributed by atoms with E-state index in [0.717, 1.165) is 0 Å². The Morgan fingerprint density at radius 1 is 0.625 bits per heavy atom. The molecule has 0 aromatic carbocycles. The summed E-state index contributed by atoms with van der Waals surface area (Å²) in [6, 6.07) is 0.364. The molecular formula is C12H18N6O6. The minimum atomic E-state index is -0.460. The van der Waals surface area contributed by atoms with Gasteiger partial charge in [0.2, 0.25) is 0 Å². The van der Waals surface area contributed by atoms with E-state index in [1.807, 2.05) is 0 Å². The number of hydrogen-bond donors (Lipinski definition) is 0. The lowest BCUT2D eigenvalue weighted by Crippen LogP contribution is -2.23. The van der Waals surface area contributed by atoms with Gasteiger partial charge in [-0.2, -0.15) is 0 Å². The third kappa shape index (κ3) is 4.41. The first kappa shape index (κ1) is 18.9. The Kier molecular flexibility index (Phi) is 6.64. The van der Waals surface area contributed by atoms with Gasteiger partial charge in [0.05, 0.1) is 28.4 Å². The van der Waals surface area contributed by atoms with E-state index in [-0.39, 0.29) is 24.0 Å². The number of hydrogen-bond acceptors (Lipinski definition) is 10. The minimum absolute atomic E-state index is 0.00921. The Morgan fingerprint density at radius 3 is 1.21 bits per heavy atom. The van der Waals surface area contributed by atoms with Crippen molar-refractivity contribution in [2.45, 2.75) is 0 Å². The number of rotatable bonds is 4. The van der Waals surface area contributed by atoms with Gasteiger partial charge in [-0.1, -0.05) is 0 Å². The van der Waals surface area contributed by atoms with Gasteiger partial charge in [0.15, 0.2) is 0 Å². The molecule has 2 heterocycles. The smallest absolute Gasteiger partial charge is 0.356 e. The molecule has 2 aromatic rings. The minimum Gasteiger partial charge on any atom is -0.468 e. The van der Waals surface area contributed by atoms with Crippen LogP contribution in [-0.2, 0) is 14.1 Å². The van der Waals surface area contributed by atoms with Gasteiger partial charge in [-0.15, -0.1) is 19.9 Å². The van der Waals surface area contributed by atoms with Crippen molar-refractivity contribution < 1.29 is 18.9 Å². The summed E-state index contributed by atoms with van der Waals surface area (Å²) >= 11 is 0. The van der Waals surface area contributed by atoms with Crippen molar-refractivity contribution in [2.75, 3.05) is 28.4 Å². The van der Waals surface area contributed by atoms with E-state index in [1.54, 1.807) is 0 Å². The summed E-state index contributed by atoms with van der Waals surface area (Å²) in [5, 5.41) is 0. The van der Waals surface area contributed by atoms with Crippen LogP contribution in [0.25, 0.3) is 0 Å². The molecule has 0 spiro atoms. The molecule has 0 atom stereocenters. The highest BCUT2D eigenvalue weighted by Crippen LogP contribution is 2.05. The fourth-order valence-electron chi connectivity index (χ4n) is 1.39. The fourth-order valence-corrected chi connectivity index (χ4v) is 1.39. The molecule has 2 rings (SSSR count). The number of methoxy groups -OCH3 is 4. The van der Waals surface area contributed by atoms with Gasteiger partial charge in [0.25, 0.3) is 0 Å². The van der Waals surface area contributed by atoms with Gasteiger partial charge in [0.1, 0.15) is 0 Å². The zero-order valence-electron chi connectivity index (χ0n) is 14.1. The molecule has 0 unspecified atom stereocenters. The number of ether oxygens (including phenoxy) is 4. The van der Waals surface area contributed by atoms with E-state index >= 15 is 0 Å². The van der Waals surface area contributed by atoms with Crippen molar-refractivity contribution >= 4 is 0 Å². The molecule has 0 aliphatic heterocycles. The first-order valence-corrected chi connectivity index (χ1v) is 6.44. The molecule has 0 N–H and O–H groups in total. The third-order valence-electron chi connectivity index (χ3n) is 2.64. The Hall–Kier alpha value is -3.18. The second-order valence-electron chi connectivity index (χ2n) is 4.08.